The lowest BCUT2D eigenvalue weighted by Gasteiger charge is -2.13. The van der Waals surface area contributed by atoms with Gasteiger partial charge in [-0.15, -0.1) is 13.2 Å². The zero-order valence-electron chi connectivity index (χ0n) is 8.25. The first kappa shape index (κ1) is 14.4. The fourth-order valence-electron chi connectivity index (χ4n) is 1.05. The molecule has 1 aromatic heterocycles. The summed E-state index contributed by atoms with van der Waals surface area (Å²) in [6.07, 6.45) is -5.00. The van der Waals surface area contributed by atoms with Gasteiger partial charge in [-0.1, -0.05) is 0 Å². The molecule has 10 heteroatoms. The van der Waals surface area contributed by atoms with Crippen LogP contribution in [0.4, 0.5) is 13.2 Å². The molecule has 1 rings (SSSR count). The van der Waals surface area contributed by atoms with Crippen molar-refractivity contribution in [2.24, 2.45) is 5.14 Å². The van der Waals surface area contributed by atoms with Crippen LogP contribution in [-0.4, -0.2) is 19.8 Å². The number of rotatable bonds is 2. The number of hydrogen-bond acceptors (Lipinski definition) is 4. The van der Waals surface area contributed by atoms with Gasteiger partial charge in [0.15, 0.2) is 10.6 Å². The van der Waals surface area contributed by atoms with Crippen molar-refractivity contribution >= 4 is 32.6 Å². The number of ether oxygens (including phenoxy) is 1. The highest BCUT2D eigenvalue weighted by Crippen LogP contribution is 2.31. The van der Waals surface area contributed by atoms with Crippen molar-refractivity contribution in [3.8, 4) is 5.75 Å². The molecule has 0 unspecified atom stereocenters. The molecule has 1 aromatic rings. The van der Waals surface area contributed by atoms with E-state index in [2.05, 4.69) is 9.72 Å². The van der Waals surface area contributed by atoms with Gasteiger partial charge in [-0.3, -0.25) is 0 Å². The van der Waals surface area contributed by atoms with Crippen molar-refractivity contribution in [2.45, 2.75) is 18.2 Å². The first-order valence-corrected chi connectivity index (χ1v) is 6.59. The minimum absolute atomic E-state index is 0.177. The molecule has 0 aromatic carbocycles. The molecule has 96 valence electrons. The van der Waals surface area contributed by atoms with Crippen LogP contribution in [0.25, 0.3) is 0 Å². The Hall–Kier alpha value is -0.620. The van der Waals surface area contributed by atoms with Crippen molar-refractivity contribution in [3.63, 3.8) is 0 Å². The van der Waals surface area contributed by atoms with Gasteiger partial charge < -0.3 is 4.74 Å². The van der Waals surface area contributed by atoms with Crippen LogP contribution in [0.2, 0.25) is 0 Å². The predicted octanol–water partition coefficient (Wildman–Crippen LogP) is 1.54. The molecule has 0 radical (unpaired) electrons. The second-order valence-corrected chi connectivity index (χ2v) is 5.49. The number of aromatic nitrogens is 1. The van der Waals surface area contributed by atoms with E-state index in [-0.39, 0.29) is 9.39 Å². The molecule has 5 nitrogen and oxygen atoms in total. The zero-order valence-corrected chi connectivity index (χ0v) is 11.2. The monoisotopic (exact) mass is 382 g/mol. The molecule has 0 atom stereocenters. The van der Waals surface area contributed by atoms with Crippen LogP contribution < -0.4 is 9.88 Å². The van der Waals surface area contributed by atoms with Gasteiger partial charge in [-0.05, 0) is 29.5 Å². The van der Waals surface area contributed by atoms with Crippen LogP contribution >= 0.6 is 22.6 Å². The van der Waals surface area contributed by atoms with Crippen molar-refractivity contribution in [2.75, 3.05) is 0 Å². The molecule has 2 N–H and O–H groups in total. The third kappa shape index (κ3) is 3.96. The van der Waals surface area contributed by atoms with E-state index < -0.39 is 27.0 Å². The minimum Gasteiger partial charge on any atom is -0.404 e. The van der Waals surface area contributed by atoms with Gasteiger partial charge in [0.25, 0.3) is 0 Å². The summed E-state index contributed by atoms with van der Waals surface area (Å²) >= 11 is 1.47. The van der Waals surface area contributed by atoms with Gasteiger partial charge in [-0.25, -0.2) is 18.5 Å². The molecule has 0 aliphatic rings. The van der Waals surface area contributed by atoms with Gasteiger partial charge in [0.05, 0.1) is 0 Å². The Balaban J connectivity index is 3.47. The lowest BCUT2D eigenvalue weighted by atomic mass is 10.3. The number of alkyl halides is 3. The Bertz CT molecular complexity index is 544. The van der Waals surface area contributed by atoms with Gasteiger partial charge in [0.2, 0.25) is 10.0 Å². The maximum absolute atomic E-state index is 12.1. The van der Waals surface area contributed by atoms with Gasteiger partial charge >= 0.3 is 6.36 Å². The van der Waals surface area contributed by atoms with E-state index in [1.54, 1.807) is 0 Å². The molecular weight excluding hydrogens is 376 g/mol. The molecule has 0 spiro atoms. The number of nitrogens with zero attached hydrogens (tertiary/aromatic N) is 1. The molecule has 17 heavy (non-hydrogen) atoms. The summed E-state index contributed by atoms with van der Waals surface area (Å²) < 4.78 is 62.0. The summed E-state index contributed by atoms with van der Waals surface area (Å²) in [6, 6.07) is 0.857. The third-order valence-electron chi connectivity index (χ3n) is 1.54. The first-order valence-electron chi connectivity index (χ1n) is 3.96. The summed E-state index contributed by atoms with van der Waals surface area (Å²) in [5, 5.41) is 4.81. The van der Waals surface area contributed by atoms with Crippen LogP contribution in [0, 0.1) is 10.6 Å². The average Bonchev–Trinajstić information content (AvgIpc) is 1.94. The fraction of sp³-hybridized carbons (Fsp3) is 0.286. The Morgan fingerprint density at radius 2 is 2.00 bits per heavy atom. The highest BCUT2D eigenvalue weighted by molar-refractivity contribution is 14.1. The van der Waals surface area contributed by atoms with E-state index in [0.717, 1.165) is 6.07 Å². The van der Waals surface area contributed by atoms with Gasteiger partial charge in [0, 0.05) is 11.8 Å². The van der Waals surface area contributed by atoms with E-state index in [9.17, 15) is 21.6 Å². The molecular formula is C7H6F3IN2O3S. The summed E-state index contributed by atoms with van der Waals surface area (Å²) in [4.78, 5) is 2.93. The normalized spacial score (nSPS) is 12.6. The lowest BCUT2D eigenvalue weighted by Crippen LogP contribution is -2.22. The number of nitrogens with two attached hydrogens (primary N) is 1. The minimum atomic E-state index is -5.00. The highest BCUT2D eigenvalue weighted by Gasteiger charge is 2.34. The molecule has 0 fully saturated rings. The average molecular weight is 382 g/mol. The smallest absolute Gasteiger partial charge is 0.404 e. The Morgan fingerprint density at radius 1 is 1.47 bits per heavy atom. The fourth-order valence-corrected chi connectivity index (χ4v) is 3.28. The molecule has 0 aliphatic carbocycles. The molecule has 0 saturated carbocycles. The maximum Gasteiger partial charge on any atom is 0.573 e. The summed E-state index contributed by atoms with van der Waals surface area (Å²) in [5.74, 6) is -0.878. The Morgan fingerprint density at radius 3 is 2.41 bits per heavy atom. The summed E-state index contributed by atoms with van der Waals surface area (Å²) in [5.41, 5.74) is 0.182. The third-order valence-corrected chi connectivity index (χ3v) is 3.65. The van der Waals surface area contributed by atoms with Crippen molar-refractivity contribution < 1.29 is 26.3 Å². The van der Waals surface area contributed by atoms with Crippen LogP contribution in [0.3, 0.4) is 0 Å². The first-order chi connectivity index (χ1) is 7.50. The van der Waals surface area contributed by atoms with Gasteiger partial charge in [0.1, 0.15) is 3.70 Å². The second kappa shape index (κ2) is 4.57. The van der Waals surface area contributed by atoms with Crippen molar-refractivity contribution in [1.82, 2.24) is 4.98 Å². The second-order valence-electron chi connectivity index (χ2n) is 2.97. The maximum atomic E-state index is 12.1. The van der Waals surface area contributed by atoms with Crippen LogP contribution in [0.1, 0.15) is 5.69 Å². The number of halogens is 4. The lowest BCUT2D eigenvalue weighted by molar-refractivity contribution is -0.275. The predicted molar refractivity (Wildman–Crippen MR) is 59.7 cm³/mol. The molecule has 0 saturated heterocycles. The largest absolute Gasteiger partial charge is 0.573 e. The number of pyridine rings is 1. The van der Waals surface area contributed by atoms with E-state index in [1.165, 1.54) is 29.5 Å². The van der Waals surface area contributed by atoms with Crippen LogP contribution in [0.15, 0.2) is 11.0 Å². The number of primary sulfonamides is 1. The molecule has 0 aliphatic heterocycles. The van der Waals surface area contributed by atoms with Crippen molar-refractivity contribution in [1.29, 1.82) is 0 Å². The van der Waals surface area contributed by atoms with Gasteiger partial charge in [-0.2, -0.15) is 0 Å². The standard InChI is InChI=1S/C7H6F3IN2O3S/c1-3-2-4(16-7(8,9)10)5(6(11)13-3)17(12,14)15/h2H,1H3,(H2,12,14,15). The number of hydrogen-bond donors (Lipinski definition) is 1. The quantitative estimate of drug-likeness (QED) is 0.622. The zero-order chi connectivity index (χ0) is 13.4. The van der Waals surface area contributed by atoms with E-state index in [0.29, 0.717) is 0 Å². The summed E-state index contributed by atoms with van der Waals surface area (Å²) in [6.45, 7) is 1.40. The summed E-state index contributed by atoms with van der Waals surface area (Å²) in [7, 11) is -4.35. The van der Waals surface area contributed by atoms with E-state index in [1.807, 2.05) is 0 Å². The molecule has 1 heterocycles. The van der Waals surface area contributed by atoms with Crippen LogP contribution in [-0.2, 0) is 10.0 Å². The van der Waals surface area contributed by atoms with E-state index in [4.69, 9.17) is 5.14 Å². The Labute approximate surface area is 108 Å². The van der Waals surface area contributed by atoms with Crippen molar-refractivity contribution in [3.05, 3.63) is 15.5 Å². The Kier molecular flexibility index (Phi) is 3.88. The molecule has 0 amide bonds. The number of sulfonamides is 1. The topological polar surface area (TPSA) is 82.3 Å². The SMILES string of the molecule is Cc1cc(OC(F)(F)F)c(S(N)(=O)=O)c(I)n1. The number of aryl methyl sites for hydroxylation is 1. The van der Waals surface area contributed by atoms with E-state index >= 15 is 0 Å². The van der Waals surface area contributed by atoms with Crippen LogP contribution in [0.5, 0.6) is 5.75 Å². The highest BCUT2D eigenvalue weighted by atomic mass is 127. The molecule has 0 bridgehead atoms.